The van der Waals surface area contributed by atoms with Crippen LogP contribution in [0.4, 0.5) is 4.79 Å². The Balaban J connectivity index is 1.93. The largest absolute Gasteiger partial charge is 0.346 e. The fraction of sp³-hybridized carbons (Fsp3) is 0.900. The van der Waals surface area contributed by atoms with Gasteiger partial charge in [-0.05, 0) is 12.7 Å². The summed E-state index contributed by atoms with van der Waals surface area (Å²) >= 11 is 1.67. The number of carbonyl (C=O) groups excluding carboxylic acids is 1. The van der Waals surface area contributed by atoms with E-state index in [9.17, 15) is 4.79 Å². The predicted molar refractivity (Wildman–Crippen MR) is 60.8 cm³/mol. The summed E-state index contributed by atoms with van der Waals surface area (Å²) in [5, 5.41) is 0. The molecule has 2 aliphatic rings. The zero-order valence-corrected chi connectivity index (χ0v) is 10.1. The van der Waals surface area contributed by atoms with Crippen LogP contribution < -0.4 is 0 Å². The van der Waals surface area contributed by atoms with E-state index in [1.807, 2.05) is 16.1 Å². The van der Waals surface area contributed by atoms with Gasteiger partial charge in [0.2, 0.25) is 0 Å². The smallest absolute Gasteiger partial charge is 0.322 e. The van der Waals surface area contributed by atoms with E-state index >= 15 is 0 Å². The van der Waals surface area contributed by atoms with Gasteiger partial charge in [0.15, 0.2) is 6.23 Å². The SMILES string of the molecule is CCCCN1CC2OC2N(CSC)C1=O. The maximum Gasteiger partial charge on any atom is 0.322 e. The molecule has 0 bridgehead atoms. The first kappa shape index (κ1) is 11.1. The summed E-state index contributed by atoms with van der Waals surface area (Å²) in [4.78, 5) is 15.8. The maximum absolute atomic E-state index is 12.0. The van der Waals surface area contributed by atoms with Crippen LogP contribution >= 0.6 is 11.8 Å². The lowest BCUT2D eigenvalue weighted by atomic mass is 10.2. The highest BCUT2D eigenvalue weighted by Crippen LogP contribution is 2.33. The zero-order valence-electron chi connectivity index (χ0n) is 9.31. The molecule has 0 spiro atoms. The second-order valence-electron chi connectivity index (χ2n) is 4.03. The van der Waals surface area contributed by atoms with E-state index < -0.39 is 0 Å². The molecule has 2 saturated heterocycles. The van der Waals surface area contributed by atoms with Crippen LogP contribution in [0.1, 0.15) is 19.8 Å². The lowest BCUT2D eigenvalue weighted by Gasteiger charge is -2.32. The topological polar surface area (TPSA) is 36.1 Å². The average molecular weight is 230 g/mol. The van der Waals surface area contributed by atoms with Crippen LogP contribution in [0.25, 0.3) is 0 Å². The Bertz CT molecular complexity index is 250. The van der Waals surface area contributed by atoms with E-state index in [-0.39, 0.29) is 18.4 Å². The van der Waals surface area contributed by atoms with Gasteiger partial charge in [-0.2, -0.15) is 0 Å². The molecule has 0 aromatic carbocycles. The summed E-state index contributed by atoms with van der Waals surface area (Å²) in [7, 11) is 0. The maximum atomic E-state index is 12.0. The van der Waals surface area contributed by atoms with Gasteiger partial charge in [0, 0.05) is 6.54 Å². The normalized spacial score (nSPS) is 29.3. The molecule has 2 rings (SSSR count). The number of hydrogen-bond acceptors (Lipinski definition) is 3. The van der Waals surface area contributed by atoms with Crippen molar-refractivity contribution >= 4 is 17.8 Å². The first-order valence-corrected chi connectivity index (χ1v) is 6.87. The number of epoxide rings is 1. The third kappa shape index (κ3) is 2.23. The van der Waals surface area contributed by atoms with E-state index in [1.165, 1.54) is 0 Å². The number of rotatable bonds is 5. The second kappa shape index (κ2) is 4.61. The summed E-state index contributed by atoms with van der Waals surface area (Å²) in [5.41, 5.74) is 0. The highest BCUT2D eigenvalue weighted by Gasteiger charge is 2.51. The number of ether oxygens (including phenoxy) is 1. The zero-order chi connectivity index (χ0) is 10.8. The molecule has 5 heteroatoms. The Labute approximate surface area is 94.9 Å². The van der Waals surface area contributed by atoms with E-state index in [1.54, 1.807) is 11.8 Å². The lowest BCUT2D eigenvalue weighted by Crippen LogP contribution is -2.51. The number of nitrogens with zero attached hydrogens (tertiary/aromatic N) is 2. The Morgan fingerprint density at radius 3 is 3.07 bits per heavy atom. The molecular formula is C10H18N2O2S. The number of carbonyl (C=O) groups is 1. The molecule has 2 aliphatic heterocycles. The molecule has 4 nitrogen and oxygen atoms in total. The molecule has 0 aromatic rings. The van der Waals surface area contributed by atoms with Crippen LogP contribution in [0.15, 0.2) is 0 Å². The van der Waals surface area contributed by atoms with Gasteiger partial charge >= 0.3 is 6.03 Å². The molecule has 2 amide bonds. The lowest BCUT2D eigenvalue weighted by molar-refractivity contribution is 0.137. The van der Waals surface area contributed by atoms with Crippen LogP contribution in [-0.2, 0) is 4.74 Å². The first-order chi connectivity index (χ1) is 7.27. The van der Waals surface area contributed by atoms with Crippen LogP contribution in [0.2, 0.25) is 0 Å². The van der Waals surface area contributed by atoms with Gasteiger partial charge in [0.25, 0.3) is 0 Å². The average Bonchev–Trinajstić information content (AvgIpc) is 2.99. The van der Waals surface area contributed by atoms with Crippen LogP contribution in [0.3, 0.4) is 0 Å². The second-order valence-corrected chi connectivity index (χ2v) is 4.87. The highest BCUT2D eigenvalue weighted by atomic mass is 32.2. The molecule has 0 radical (unpaired) electrons. The molecule has 2 atom stereocenters. The van der Waals surface area contributed by atoms with Gasteiger partial charge in [0.1, 0.15) is 6.10 Å². The fourth-order valence-electron chi connectivity index (χ4n) is 1.93. The predicted octanol–water partition coefficient (Wildman–Crippen LogP) is 1.57. The van der Waals surface area contributed by atoms with Gasteiger partial charge < -0.3 is 9.64 Å². The highest BCUT2D eigenvalue weighted by molar-refractivity contribution is 7.98. The quantitative estimate of drug-likeness (QED) is 0.673. The number of fused-ring (bicyclic) bond motifs is 1. The minimum atomic E-state index is 0.0721. The molecule has 0 saturated carbocycles. The minimum absolute atomic E-state index is 0.0721. The summed E-state index contributed by atoms with van der Waals surface area (Å²) < 4.78 is 5.47. The standard InChI is InChI=1S/C10H18N2O2S/c1-3-4-5-11-6-8-9(14-8)12(7-15-2)10(11)13/h8-9H,3-7H2,1-2H3. The molecule has 2 unspecified atom stereocenters. The summed E-state index contributed by atoms with van der Waals surface area (Å²) in [5.74, 6) is 0.739. The van der Waals surface area contributed by atoms with Gasteiger partial charge in [0.05, 0.1) is 12.4 Å². The monoisotopic (exact) mass is 230 g/mol. The van der Waals surface area contributed by atoms with Crippen molar-refractivity contribution in [2.24, 2.45) is 0 Å². The van der Waals surface area contributed by atoms with Crippen molar-refractivity contribution in [3.63, 3.8) is 0 Å². The summed E-state index contributed by atoms with van der Waals surface area (Å²) in [6.45, 7) is 3.80. The molecular weight excluding hydrogens is 212 g/mol. The summed E-state index contributed by atoms with van der Waals surface area (Å²) in [6, 6.07) is 0.150. The Kier molecular flexibility index (Phi) is 3.41. The van der Waals surface area contributed by atoms with Crippen molar-refractivity contribution in [1.82, 2.24) is 9.80 Å². The first-order valence-electron chi connectivity index (χ1n) is 5.48. The molecule has 0 N–H and O–H groups in total. The van der Waals surface area contributed by atoms with Gasteiger partial charge in [-0.15, -0.1) is 11.8 Å². The van der Waals surface area contributed by atoms with E-state index in [0.29, 0.717) is 0 Å². The van der Waals surface area contributed by atoms with Gasteiger partial charge in [-0.1, -0.05) is 13.3 Å². The number of amides is 2. The molecule has 15 heavy (non-hydrogen) atoms. The van der Waals surface area contributed by atoms with E-state index in [4.69, 9.17) is 4.74 Å². The third-order valence-electron chi connectivity index (χ3n) is 2.83. The Morgan fingerprint density at radius 2 is 2.40 bits per heavy atom. The number of unbranched alkanes of at least 4 members (excludes halogenated alkanes) is 1. The van der Waals surface area contributed by atoms with Crippen molar-refractivity contribution in [2.75, 3.05) is 25.2 Å². The number of hydrogen-bond donors (Lipinski definition) is 0. The van der Waals surface area contributed by atoms with Crippen LogP contribution in [0.5, 0.6) is 0 Å². The molecule has 86 valence electrons. The number of urea groups is 1. The van der Waals surface area contributed by atoms with Gasteiger partial charge in [-0.3, -0.25) is 4.90 Å². The Hall–Kier alpha value is -0.420. The molecule has 2 heterocycles. The van der Waals surface area contributed by atoms with Crippen molar-refractivity contribution in [2.45, 2.75) is 32.1 Å². The van der Waals surface area contributed by atoms with Gasteiger partial charge in [-0.25, -0.2) is 4.79 Å². The van der Waals surface area contributed by atoms with E-state index in [2.05, 4.69) is 6.92 Å². The molecule has 0 aromatic heterocycles. The van der Waals surface area contributed by atoms with E-state index in [0.717, 1.165) is 31.8 Å². The van der Waals surface area contributed by atoms with Crippen molar-refractivity contribution in [3.05, 3.63) is 0 Å². The minimum Gasteiger partial charge on any atom is -0.346 e. The van der Waals surface area contributed by atoms with Crippen molar-refractivity contribution in [3.8, 4) is 0 Å². The summed E-state index contributed by atoms with van der Waals surface area (Å²) in [6.07, 6.45) is 4.56. The third-order valence-corrected chi connectivity index (χ3v) is 3.37. The Morgan fingerprint density at radius 1 is 1.60 bits per heavy atom. The van der Waals surface area contributed by atoms with Crippen LogP contribution in [0, 0.1) is 0 Å². The molecule has 0 aliphatic carbocycles. The number of thioether (sulfide) groups is 1. The fourth-order valence-corrected chi connectivity index (χ4v) is 2.47. The van der Waals surface area contributed by atoms with Crippen LogP contribution in [-0.4, -0.2) is 53.4 Å². The van der Waals surface area contributed by atoms with Crippen molar-refractivity contribution in [1.29, 1.82) is 0 Å². The molecule has 2 fully saturated rings. The van der Waals surface area contributed by atoms with Crippen molar-refractivity contribution < 1.29 is 9.53 Å².